The molecule has 0 aromatic carbocycles. The molecule has 1 heterocycles. The Morgan fingerprint density at radius 1 is 1.26 bits per heavy atom. The van der Waals surface area contributed by atoms with Crippen molar-refractivity contribution in [2.75, 3.05) is 39.3 Å². The average molecular weight is 279 g/mol. The van der Waals surface area contributed by atoms with Crippen molar-refractivity contribution < 1.29 is 18.0 Å². The van der Waals surface area contributed by atoms with E-state index < -0.39 is 12.7 Å². The smallest absolute Gasteiger partial charge is 0.340 e. The van der Waals surface area contributed by atoms with Crippen molar-refractivity contribution in [2.45, 2.75) is 31.5 Å². The van der Waals surface area contributed by atoms with Gasteiger partial charge in [-0.25, -0.2) is 0 Å². The Kier molecular flexibility index (Phi) is 4.67. The zero-order chi connectivity index (χ0) is 13.9. The van der Waals surface area contributed by atoms with Crippen molar-refractivity contribution in [2.24, 2.45) is 0 Å². The lowest BCUT2D eigenvalue weighted by atomic mass is 10.3. The summed E-state index contributed by atoms with van der Waals surface area (Å²) in [6, 6.07) is -0.0596. The Balaban J connectivity index is 1.87. The monoisotopic (exact) mass is 279 g/mol. The first kappa shape index (κ1) is 14.6. The SMILES string of the molecule is O=C(CN(CC(F)(F)F)C1CC1)N1CCCNCC1. The molecule has 0 radical (unpaired) electrons. The lowest BCUT2D eigenvalue weighted by molar-refractivity contribution is -0.152. The van der Waals surface area contributed by atoms with Crippen LogP contribution in [0.25, 0.3) is 0 Å². The number of hydrogen-bond acceptors (Lipinski definition) is 3. The molecule has 4 nitrogen and oxygen atoms in total. The fourth-order valence-corrected chi connectivity index (χ4v) is 2.35. The molecule has 1 aliphatic carbocycles. The molecule has 7 heteroatoms. The highest BCUT2D eigenvalue weighted by molar-refractivity contribution is 5.78. The molecule has 1 saturated carbocycles. The first-order chi connectivity index (χ1) is 8.96. The largest absolute Gasteiger partial charge is 0.401 e. The number of halogens is 3. The molecule has 110 valence electrons. The number of carbonyl (C=O) groups excluding carboxylic acids is 1. The van der Waals surface area contributed by atoms with Gasteiger partial charge in [0.15, 0.2) is 0 Å². The molecule has 0 aromatic rings. The van der Waals surface area contributed by atoms with Gasteiger partial charge in [0, 0.05) is 25.7 Å². The average Bonchev–Trinajstić information content (AvgIpc) is 3.14. The molecule has 0 bridgehead atoms. The highest BCUT2D eigenvalue weighted by Gasteiger charge is 2.39. The van der Waals surface area contributed by atoms with Crippen LogP contribution in [0.5, 0.6) is 0 Å². The molecular weight excluding hydrogens is 259 g/mol. The minimum atomic E-state index is -4.23. The molecule has 0 unspecified atom stereocenters. The van der Waals surface area contributed by atoms with Crippen LogP contribution in [0.2, 0.25) is 0 Å². The summed E-state index contributed by atoms with van der Waals surface area (Å²) in [5, 5.41) is 3.17. The predicted octanol–water partition coefficient (Wildman–Crippen LogP) is 0.835. The van der Waals surface area contributed by atoms with Crippen LogP contribution in [0.3, 0.4) is 0 Å². The predicted molar refractivity (Wildman–Crippen MR) is 64.7 cm³/mol. The fourth-order valence-electron chi connectivity index (χ4n) is 2.35. The van der Waals surface area contributed by atoms with Crippen LogP contribution in [0.1, 0.15) is 19.3 Å². The normalized spacial score (nSPS) is 21.6. The lowest BCUT2D eigenvalue weighted by Crippen LogP contribution is -2.45. The standard InChI is InChI=1S/C12H20F3N3O/c13-12(14,15)9-18(10-2-3-10)8-11(19)17-6-1-4-16-5-7-17/h10,16H,1-9H2. The minimum absolute atomic E-state index is 0.0596. The van der Waals surface area contributed by atoms with E-state index in [9.17, 15) is 18.0 Å². The Morgan fingerprint density at radius 2 is 2.00 bits per heavy atom. The number of carbonyl (C=O) groups is 1. The fraction of sp³-hybridized carbons (Fsp3) is 0.917. The third kappa shape index (κ3) is 4.99. The van der Waals surface area contributed by atoms with Crippen LogP contribution in [-0.2, 0) is 4.79 Å². The summed E-state index contributed by atoms with van der Waals surface area (Å²) in [5.41, 5.74) is 0. The van der Waals surface area contributed by atoms with Gasteiger partial charge in [0.1, 0.15) is 0 Å². The number of nitrogens with one attached hydrogen (secondary N) is 1. The van der Waals surface area contributed by atoms with Crippen molar-refractivity contribution in [1.82, 2.24) is 15.1 Å². The van der Waals surface area contributed by atoms with Crippen LogP contribution in [-0.4, -0.2) is 67.2 Å². The molecule has 1 saturated heterocycles. The van der Waals surface area contributed by atoms with Gasteiger partial charge in [-0.15, -0.1) is 0 Å². The highest BCUT2D eigenvalue weighted by Crippen LogP contribution is 2.29. The molecule has 2 rings (SSSR count). The minimum Gasteiger partial charge on any atom is -0.340 e. The van der Waals surface area contributed by atoms with Gasteiger partial charge < -0.3 is 10.2 Å². The van der Waals surface area contributed by atoms with Crippen LogP contribution in [0.4, 0.5) is 13.2 Å². The molecule has 0 atom stereocenters. The molecule has 0 spiro atoms. The van der Waals surface area contributed by atoms with Crippen molar-refractivity contribution in [3.8, 4) is 0 Å². The summed E-state index contributed by atoms with van der Waals surface area (Å²) in [5.74, 6) is -0.181. The Bertz CT molecular complexity index is 310. The Labute approximate surface area is 110 Å². The summed E-state index contributed by atoms with van der Waals surface area (Å²) < 4.78 is 37.4. The van der Waals surface area contributed by atoms with E-state index >= 15 is 0 Å². The first-order valence-electron chi connectivity index (χ1n) is 6.75. The van der Waals surface area contributed by atoms with Gasteiger partial charge in [0.2, 0.25) is 5.91 Å². The summed E-state index contributed by atoms with van der Waals surface area (Å²) in [7, 11) is 0. The van der Waals surface area contributed by atoms with Crippen molar-refractivity contribution in [3.63, 3.8) is 0 Å². The number of nitrogens with zero attached hydrogens (tertiary/aromatic N) is 2. The molecule has 2 aliphatic rings. The van der Waals surface area contributed by atoms with E-state index in [-0.39, 0.29) is 18.5 Å². The number of rotatable bonds is 4. The Hall–Kier alpha value is -0.820. The van der Waals surface area contributed by atoms with Gasteiger partial charge in [0.25, 0.3) is 0 Å². The Morgan fingerprint density at radius 3 is 2.63 bits per heavy atom. The van der Waals surface area contributed by atoms with Crippen LogP contribution in [0, 0.1) is 0 Å². The van der Waals surface area contributed by atoms with E-state index in [2.05, 4.69) is 5.32 Å². The van der Waals surface area contributed by atoms with Crippen molar-refractivity contribution in [1.29, 1.82) is 0 Å². The van der Waals surface area contributed by atoms with Crippen molar-refractivity contribution >= 4 is 5.91 Å². The van der Waals surface area contributed by atoms with Crippen LogP contribution < -0.4 is 5.32 Å². The van der Waals surface area contributed by atoms with Gasteiger partial charge in [-0.05, 0) is 25.8 Å². The maximum Gasteiger partial charge on any atom is 0.401 e. The molecule has 1 N–H and O–H groups in total. The molecule has 1 aliphatic heterocycles. The second-order valence-corrected chi connectivity index (χ2v) is 5.24. The number of hydrogen-bond donors (Lipinski definition) is 1. The van der Waals surface area contributed by atoms with Gasteiger partial charge in [-0.1, -0.05) is 0 Å². The van der Waals surface area contributed by atoms with E-state index in [0.29, 0.717) is 19.6 Å². The number of amides is 1. The maximum absolute atomic E-state index is 12.5. The zero-order valence-electron chi connectivity index (χ0n) is 10.9. The molecular formula is C12H20F3N3O. The molecule has 1 amide bonds. The summed E-state index contributed by atoms with van der Waals surface area (Å²) in [6.07, 6.45) is -1.84. The van der Waals surface area contributed by atoms with E-state index in [0.717, 1.165) is 25.8 Å². The van der Waals surface area contributed by atoms with Crippen LogP contribution >= 0.6 is 0 Å². The van der Waals surface area contributed by atoms with E-state index in [1.165, 1.54) is 4.90 Å². The molecule has 2 fully saturated rings. The first-order valence-corrected chi connectivity index (χ1v) is 6.75. The van der Waals surface area contributed by atoms with Gasteiger partial charge >= 0.3 is 6.18 Å². The van der Waals surface area contributed by atoms with Gasteiger partial charge in [-0.2, -0.15) is 13.2 Å². The van der Waals surface area contributed by atoms with E-state index in [4.69, 9.17) is 0 Å². The van der Waals surface area contributed by atoms with Crippen LogP contribution in [0.15, 0.2) is 0 Å². The topological polar surface area (TPSA) is 35.6 Å². The van der Waals surface area contributed by atoms with E-state index in [1.54, 1.807) is 4.90 Å². The summed E-state index contributed by atoms with van der Waals surface area (Å²) >= 11 is 0. The molecule has 0 aromatic heterocycles. The van der Waals surface area contributed by atoms with E-state index in [1.807, 2.05) is 0 Å². The number of alkyl halides is 3. The lowest BCUT2D eigenvalue weighted by Gasteiger charge is -2.27. The van der Waals surface area contributed by atoms with Crippen molar-refractivity contribution in [3.05, 3.63) is 0 Å². The summed E-state index contributed by atoms with van der Waals surface area (Å²) in [4.78, 5) is 15.0. The second-order valence-electron chi connectivity index (χ2n) is 5.24. The maximum atomic E-state index is 12.5. The third-order valence-corrected chi connectivity index (χ3v) is 3.48. The third-order valence-electron chi connectivity index (χ3n) is 3.48. The quantitative estimate of drug-likeness (QED) is 0.828. The second kappa shape index (κ2) is 6.09. The highest BCUT2D eigenvalue weighted by atomic mass is 19.4. The van der Waals surface area contributed by atoms with Gasteiger partial charge in [-0.3, -0.25) is 9.69 Å². The molecule has 19 heavy (non-hydrogen) atoms. The summed E-state index contributed by atoms with van der Waals surface area (Å²) in [6.45, 7) is 1.71. The zero-order valence-corrected chi connectivity index (χ0v) is 10.9. The van der Waals surface area contributed by atoms with Gasteiger partial charge in [0.05, 0.1) is 13.1 Å².